The van der Waals surface area contributed by atoms with Crippen LogP contribution in [0.3, 0.4) is 0 Å². The molecule has 1 aromatic rings. The van der Waals surface area contributed by atoms with Crippen LogP contribution in [0.1, 0.15) is 18.9 Å². The second kappa shape index (κ2) is 7.26. The summed E-state index contributed by atoms with van der Waals surface area (Å²) in [6, 6.07) is 7.70. The lowest BCUT2D eigenvalue weighted by molar-refractivity contribution is -0.124. The Labute approximate surface area is 120 Å². The van der Waals surface area contributed by atoms with Gasteiger partial charge in [0.2, 0.25) is 5.91 Å². The summed E-state index contributed by atoms with van der Waals surface area (Å²) >= 11 is 0. The number of hydrogen-bond donors (Lipinski definition) is 2. The van der Waals surface area contributed by atoms with Crippen molar-refractivity contribution in [2.45, 2.75) is 25.9 Å². The van der Waals surface area contributed by atoms with E-state index in [-0.39, 0.29) is 11.9 Å². The number of morpholine rings is 1. The summed E-state index contributed by atoms with van der Waals surface area (Å²) < 4.78 is 5.47. The third kappa shape index (κ3) is 3.29. The molecule has 0 bridgehead atoms. The minimum Gasteiger partial charge on any atom is -0.377 e. The number of carbonyl (C=O) groups is 1. The zero-order valence-corrected chi connectivity index (χ0v) is 12.0. The molecule has 0 aliphatic carbocycles. The van der Waals surface area contributed by atoms with Crippen LogP contribution in [0.25, 0.3) is 0 Å². The van der Waals surface area contributed by atoms with Crippen LogP contribution in [0.15, 0.2) is 24.3 Å². The average molecular weight is 277 g/mol. The van der Waals surface area contributed by atoms with Crippen LogP contribution >= 0.6 is 0 Å². The Hall–Kier alpha value is -1.59. The van der Waals surface area contributed by atoms with Crippen LogP contribution in [-0.4, -0.2) is 38.3 Å². The molecule has 2 rings (SSSR count). The van der Waals surface area contributed by atoms with E-state index in [1.165, 1.54) is 0 Å². The lowest BCUT2D eigenvalue weighted by Gasteiger charge is -2.37. The van der Waals surface area contributed by atoms with E-state index in [2.05, 4.69) is 10.2 Å². The van der Waals surface area contributed by atoms with E-state index in [0.717, 1.165) is 17.7 Å². The van der Waals surface area contributed by atoms with Crippen molar-refractivity contribution in [1.29, 1.82) is 0 Å². The van der Waals surface area contributed by atoms with Gasteiger partial charge >= 0.3 is 0 Å². The average Bonchev–Trinajstić information content (AvgIpc) is 2.52. The fourth-order valence-corrected chi connectivity index (χ4v) is 2.44. The van der Waals surface area contributed by atoms with Gasteiger partial charge in [-0.1, -0.05) is 25.1 Å². The molecule has 0 spiro atoms. The van der Waals surface area contributed by atoms with Gasteiger partial charge in [-0.05, 0) is 18.1 Å². The molecule has 1 aliphatic heterocycles. The highest BCUT2D eigenvalue weighted by atomic mass is 16.5. The fraction of sp³-hybridized carbons (Fsp3) is 0.533. The number of benzene rings is 1. The third-order valence-corrected chi connectivity index (χ3v) is 3.50. The molecule has 1 amide bonds. The summed E-state index contributed by atoms with van der Waals surface area (Å²) in [6.45, 7) is 4.98. The van der Waals surface area contributed by atoms with Crippen molar-refractivity contribution in [3.05, 3.63) is 29.8 Å². The number of hydrogen-bond acceptors (Lipinski definition) is 4. The predicted octanol–water partition coefficient (Wildman–Crippen LogP) is 0.877. The Morgan fingerprint density at radius 3 is 3.05 bits per heavy atom. The van der Waals surface area contributed by atoms with Crippen LogP contribution in [0.5, 0.6) is 0 Å². The molecule has 1 heterocycles. The number of carbonyl (C=O) groups excluding carboxylic acids is 1. The Morgan fingerprint density at radius 2 is 2.30 bits per heavy atom. The van der Waals surface area contributed by atoms with Gasteiger partial charge in [-0.2, -0.15) is 0 Å². The smallest absolute Gasteiger partial charge is 0.245 e. The van der Waals surface area contributed by atoms with Gasteiger partial charge in [0.15, 0.2) is 0 Å². The van der Waals surface area contributed by atoms with Crippen molar-refractivity contribution in [3.63, 3.8) is 0 Å². The number of para-hydroxylation sites is 1. The molecule has 5 nitrogen and oxygen atoms in total. The minimum atomic E-state index is -0.275. The third-order valence-electron chi connectivity index (χ3n) is 3.50. The molecule has 1 fully saturated rings. The van der Waals surface area contributed by atoms with Gasteiger partial charge in [-0.15, -0.1) is 0 Å². The van der Waals surface area contributed by atoms with Crippen molar-refractivity contribution in [3.8, 4) is 0 Å². The van der Waals surface area contributed by atoms with E-state index in [1.807, 2.05) is 31.2 Å². The summed E-state index contributed by atoms with van der Waals surface area (Å²) in [5, 5.41) is 2.95. The normalized spacial score (nSPS) is 18.9. The van der Waals surface area contributed by atoms with Crippen molar-refractivity contribution < 1.29 is 9.53 Å². The van der Waals surface area contributed by atoms with Crippen LogP contribution < -0.4 is 16.0 Å². The highest BCUT2D eigenvalue weighted by molar-refractivity contribution is 5.86. The number of ether oxygens (including phenoxy) is 1. The molecule has 1 aromatic carbocycles. The van der Waals surface area contributed by atoms with Gasteiger partial charge in [0.05, 0.1) is 13.2 Å². The highest BCUT2D eigenvalue weighted by Gasteiger charge is 2.30. The van der Waals surface area contributed by atoms with Gasteiger partial charge in [0.25, 0.3) is 0 Å². The van der Waals surface area contributed by atoms with Gasteiger partial charge in [-0.25, -0.2) is 0 Å². The Bertz CT molecular complexity index is 450. The maximum absolute atomic E-state index is 12.3. The van der Waals surface area contributed by atoms with Crippen LogP contribution in [0.2, 0.25) is 0 Å². The Morgan fingerprint density at radius 1 is 1.50 bits per heavy atom. The topological polar surface area (TPSA) is 67.6 Å². The molecular weight excluding hydrogens is 254 g/mol. The maximum atomic E-state index is 12.3. The van der Waals surface area contributed by atoms with Crippen molar-refractivity contribution in [2.24, 2.45) is 5.73 Å². The number of amides is 1. The van der Waals surface area contributed by atoms with Crippen LogP contribution in [0, 0.1) is 0 Å². The molecule has 0 radical (unpaired) electrons. The first-order chi connectivity index (χ1) is 9.77. The molecule has 20 heavy (non-hydrogen) atoms. The van der Waals surface area contributed by atoms with Gasteiger partial charge in [0, 0.05) is 25.3 Å². The second-order valence-electron chi connectivity index (χ2n) is 4.91. The lowest BCUT2D eigenvalue weighted by Crippen LogP contribution is -2.54. The molecule has 3 N–H and O–H groups in total. The predicted molar refractivity (Wildman–Crippen MR) is 79.6 cm³/mol. The van der Waals surface area contributed by atoms with Gasteiger partial charge in [-0.3, -0.25) is 4.79 Å². The standard InChI is InChI=1S/C15H23N3O2/c1-2-7-17-15(19)14-11-20-9-8-18(14)13-6-4-3-5-12(13)10-16/h3-6,14H,2,7-11,16H2,1H3,(H,17,19). The van der Waals surface area contributed by atoms with Crippen molar-refractivity contribution >= 4 is 11.6 Å². The highest BCUT2D eigenvalue weighted by Crippen LogP contribution is 2.24. The minimum absolute atomic E-state index is 0.0263. The molecule has 1 aliphatic rings. The molecule has 110 valence electrons. The Balaban J connectivity index is 2.20. The van der Waals surface area contributed by atoms with E-state index < -0.39 is 0 Å². The number of anilines is 1. The number of rotatable bonds is 5. The number of nitrogens with one attached hydrogen (secondary N) is 1. The zero-order chi connectivity index (χ0) is 14.4. The largest absolute Gasteiger partial charge is 0.377 e. The molecule has 0 aromatic heterocycles. The second-order valence-corrected chi connectivity index (χ2v) is 4.91. The summed E-state index contributed by atoms with van der Waals surface area (Å²) in [5.41, 5.74) is 7.90. The van der Waals surface area contributed by atoms with Crippen LogP contribution in [-0.2, 0) is 16.1 Å². The van der Waals surface area contributed by atoms with Crippen molar-refractivity contribution in [1.82, 2.24) is 5.32 Å². The van der Waals surface area contributed by atoms with Gasteiger partial charge in [0.1, 0.15) is 6.04 Å². The molecule has 1 saturated heterocycles. The summed E-state index contributed by atoms with van der Waals surface area (Å²) in [4.78, 5) is 14.4. The monoisotopic (exact) mass is 277 g/mol. The summed E-state index contributed by atoms with van der Waals surface area (Å²) in [5.74, 6) is 0.0263. The summed E-state index contributed by atoms with van der Waals surface area (Å²) in [6.07, 6.45) is 0.929. The molecule has 5 heteroatoms. The zero-order valence-electron chi connectivity index (χ0n) is 12.0. The molecule has 0 saturated carbocycles. The maximum Gasteiger partial charge on any atom is 0.245 e. The van der Waals surface area contributed by atoms with E-state index in [0.29, 0.717) is 32.8 Å². The van der Waals surface area contributed by atoms with Crippen molar-refractivity contribution in [2.75, 3.05) is 31.2 Å². The van der Waals surface area contributed by atoms with E-state index in [4.69, 9.17) is 10.5 Å². The lowest BCUT2D eigenvalue weighted by atomic mass is 10.1. The first-order valence-corrected chi connectivity index (χ1v) is 7.18. The Kier molecular flexibility index (Phi) is 5.38. The van der Waals surface area contributed by atoms with Crippen LogP contribution in [0.4, 0.5) is 5.69 Å². The number of nitrogens with zero attached hydrogens (tertiary/aromatic N) is 1. The molecule has 1 atom stereocenters. The summed E-state index contributed by atoms with van der Waals surface area (Å²) in [7, 11) is 0. The molecule has 1 unspecified atom stereocenters. The van der Waals surface area contributed by atoms with E-state index >= 15 is 0 Å². The first-order valence-electron chi connectivity index (χ1n) is 7.18. The van der Waals surface area contributed by atoms with Gasteiger partial charge < -0.3 is 20.7 Å². The van der Waals surface area contributed by atoms with E-state index in [1.54, 1.807) is 0 Å². The fourth-order valence-electron chi connectivity index (χ4n) is 2.44. The molecular formula is C15H23N3O2. The quantitative estimate of drug-likeness (QED) is 0.838. The number of nitrogens with two attached hydrogens (primary N) is 1. The first kappa shape index (κ1) is 14.8. The SMILES string of the molecule is CCCNC(=O)C1COCCN1c1ccccc1CN. The van der Waals surface area contributed by atoms with E-state index in [9.17, 15) is 4.79 Å².